The Morgan fingerprint density at radius 1 is 1.29 bits per heavy atom. The minimum absolute atomic E-state index is 0.258. The van der Waals surface area contributed by atoms with Crippen molar-refractivity contribution in [1.29, 1.82) is 0 Å². The Labute approximate surface area is 88.6 Å². The highest BCUT2D eigenvalue weighted by Crippen LogP contribution is 2.44. The third-order valence-corrected chi connectivity index (χ3v) is 3.72. The molecule has 1 aromatic carbocycles. The molecule has 1 atom stereocenters. The lowest BCUT2D eigenvalue weighted by molar-refractivity contribution is 0.522. The Morgan fingerprint density at radius 2 is 2.21 bits per heavy atom. The molecule has 3 rings (SSSR count). The van der Waals surface area contributed by atoms with E-state index in [-0.39, 0.29) is 5.41 Å². The first-order valence-corrected chi connectivity index (χ1v) is 5.43. The average Bonchev–Trinajstić information content (AvgIpc) is 2.77. The molecule has 1 spiro atoms. The zero-order chi connectivity index (χ0) is 9.60. The fourth-order valence-corrected chi connectivity index (χ4v) is 3.05. The number of halogens is 1. The lowest BCUT2D eigenvalue weighted by Crippen LogP contribution is -2.31. The van der Waals surface area contributed by atoms with E-state index in [1.807, 2.05) is 12.1 Å². The highest BCUT2D eigenvalue weighted by Gasteiger charge is 2.42. The van der Waals surface area contributed by atoms with Gasteiger partial charge in [-0.1, -0.05) is 17.7 Å². The van der Waals surface area contributed by atoms with Crippen LogP contribution in [0, 0.1) is 0 Å². The normalized spacial score (nSPS) is 29.2. The maximum Gasteiger partial charge on any atom is 0.0465 e. The quantitative estimate of drug-likeness (QED) is 0.682. The molecule has 2 nitrogen and oxygen atoms in total. The van der Waals surface area contributed by atoms with Gasteiger partial charge in [0.25, 0.3) is 0 Å². The van der Waals surface area contributed by atoms with Gasteiger partial charge in [0, 0.05) is 34.8 Å². The Balaban J connectivity index is 2.16. The van der Waals surface area contributed by atoms with Crippen LogP contribution in [-0.4, -0.2) is 19.6 Å². The summed E-state index contributed by atoms with van der Waals surface area (Å²) < 4.78 is 0. The second-order valence-corrected chi connectivity index (χ2v) is 4.63. The van der Waals surface area contributed by atoms with Crippen LogP contribution in [-0.2, 0) is 5.41 Å². The molecule has 0 aromatic heterocycles. The van der Waals surface area contributed by atoms with E-state index >= 15 is 0 Å². The molecule has 0 radical (unpaired) electrons. The molecule has 2 aliphatic heterocycles. The van der Waals surface area contributed by atoms with Crippen molar-refractivity contribution >= 4 is 17.3 Å². The van der Waals surface area contributed by atoms with Crippen molar-refractivity contribution in [2.24, 2.45) is 0 Å². The molecule has 0 amide bonds. The molecular formula is C11H13ClN2. The second-order valence-electron chi connectivity index (χ2n) is 4.22. The number of benzene rings is 1. The predicted octanol–water partition coefficient (Wildman–Crippen LogP) is 2.00. The summed E-state index contributed by atoms with van der Waals surface area (Å²) in [5.74, 6) is 0. The Morgan fingerprint density at radius 3 is 3.00 bits per heavy atom. The molecule has 0 aliphatic carbocycles. The zero-order valence-electron chi connectivity index (χ0n) is 7.94. The monoisotopic (exact) mass is 208 g/mol. The summed E-state index contributed by atoms with van der Waals surface area (Å²) >= 11 is 6.27. The topological polar surface area (TPSA) is 24.1 Å². The highest BCUT2D eigenvalue weighted by atomic mass is 35.5. The molecule has 1 aromatic rings. The summed E-state index contributed by atoms with van der Waals surface area (Å²) in [6.07, 6.45) is 1.19. The van der Waals surface area contributed by atoms with Crippen LogP contribution in [0.4, 0.5) is 5.69 Å². The fourth-order valence-electron chi connectivity index (χ4n) is 2.67. The Kier molecular flexibility index (Phi) is 1.76. The number of rotatable bonds is 0. The van der Waals surface area contributed by atoms with Crippen LogP contribution in [0.25, 0.3) is 0 Å². The van der Waals surface area contributed by atoms with Gasteiger partial charge in [0.1, 0.15) is 0 Å². The van der Waals surface area contributed by atoms with E-state index < -0.39 is 0 Å². The average molecular weight is 209 g/mol. The van der Waals surface area contributed by atoms with E-state index in [9.17, 15) is 0 Å². The zero-order valence-corrected chi connectivity index (χ0v) is 8.69. The molecule has 1 fully saturated rings. The lowest BCUT2D eigenvalue weighted by Gasteiger charge is -2.22. The largest absolute Gasteiger partial charge is 0.384 e. The van der Waals surface area contributed by atoms with Crippen molar-refractivity contribution < 1.29 is 0 Å². The number of hydrogen-bond acceptors (Lipinski definition) is 2. The van der Waals surface area contributed by atoms with Crippen LogP contribution < -0.4 is 10.6 Å². The van der Waals surface area contributed by atoms with Crippen LogP contribution in [0.15, 0.2) is 18.2 Å². The summed E-state index contributed by atoms with van der Waals surface area (Å²) in [4.78, 5) is 0. The molecule has 2 heterocycles. The third kappa shape index (κ3) is 1.01. The van der Waals surface area contributed by atoms with Gasteiger partial charge in [-0.05, 0) is 25.1 Å². The minimum atomic E-state index is 0.258. The van der Waals surface area contributed by atoms with Crippen LogP contribution in [0.2, 0.25) is 5.02 Å². The lowest BCUT2D eigenvalue weighted by atomic mass is 9.82. The fraction of sp³-hybridized carbons (Fsp3) is 0.455. The number of hydrogen-bond donors (Lipinski definition) is 2. The van der Waals surface area contributed by atoms with Gasteiger partial charge in [-0.15, -0.1) is 0 Å². The molecular weight excluding hydrogens is 196 g/mol. The molecule has 2 N–H and O–H groups in total. The van der Waals surface area contributed by atoms with Gasteiger partial charge < -0.3 is 10.6 Å². The van der Waals surface area contributed by atoms with Crippen molar-refractivity contribution in [3.8, 4) is 0 Å². The first-order chi connectivity index (χ1) is 6.82. The predicted molar refractivity (Wildman–Crippen MR) is 59.1 cm³/mol. The molecule has 1 saturated heterocycles. The van der Waals surface area contributed by atoms with Gasteiger partial charge >= 0.3 is 0 Å². The van der Waals surface area contributed by atoms with Gasteiger partial charge in [-0.2, -0.15) is 0 Å². The Bertz CT molecular complexity index is 370. The number of nitrogens with one attached hydrogen (secondary N) is 2. The first kappa shape index (κ1) is 8.57. The SMILES string of the molecule is Clc1cccc2c1C1(CCNC1)CN2. The van der Waals surface area contributed by atoms with Gasteiger partial charge in [0.15, 0.2) is 0 Å². The molecule has 74 valence electrons. The number of fused-ring (bicyclic) bond motifs is 2. The van der Waals surface area contributed by atoms with Crippen molar-refractivity contribution in [3.05, 3.63) is 28.8 Å². The van der Waals surface area contributed by atoms with E-state index in [0.29, 0.717) is 0 Å². The Hall–Kier alpha value is -0.730. The summed E-state index contributed by atoms with van der Waals surface area (Å²) in [6.45, 7) is 3.18. The van der Waals surface area contributed by atoms with Gasteiger partial charge in [0.05, 0.1) is 0 Å². The van der Waals surface area contributed by atoms with Gasteiger partial charge in [-0.3, -0.25) is 0 Å². The van der Waals surface area contributed by atoms with E-state index in [0.717, 1.165) is 24.7 Å². The molecule has 14 heavy (non-hydrogen) atoms. The maximum atomic E-state index is 6.27. The van der Waals surface area contributed by atoms with Crippen LogP contribution in [0.1, 0.15) is 12.0 Å². The van der Waals surface area contributed by atoms with Crippen molar-refractivity contribution in [2.45, 2.75) is 11.8 Å². The molecule has 3 heteroatoms. The first-order valence-electron chi connectivity index (χ1n) is 5.05. The van der Waals surface area contributed by atoms with Crippen molar-refractivity contribution in [2.75, 3.05) is 25.0 Å². The van der Waals surface area contributed by atoms with Crippen LogP contribution in [0.5, 0.6) is 0 Å². The molecule has 0 bridgehead atoms. The van der Waals surface area contributed by atoms with Gasteiger partial charge in [-0.25, -0.2) is 0 Å². The second kappa shape index (κ2) is 2.88. The summed E-state index contributed by atoms with van der Waals surface area (Å²) in [5, 5.41) is 7.79. The van der Waals surface area contributed by atoms with E-state index in [1.54, 1.807) is 0 Å². The smallest absolute Gasteiger partial charge is 0.0465 e. The maximum absolute atomic E-state index is 6.27. The minimum Gasteiger partial charge on any atom is -0.384 e. The molecule has 1 unspecified atom stereocenters. The van der Waals surface area contributed by atoms with E-state index in [1.165, 1.54) is 17.7 Å². The molecule has 0 saturated carbocycles. The van der Waals surface area contributed by atoms with Crippen molar-refractivity contribution in [3.63, 3.8) is 0 Å². The highest BCUT2D eigenvalue weighted by molar-refractivity contribution is 6.32. The van der Waals surface area contributed by atoms with E-state index in [4.69, 9.17) is 11.6 Å². The third-order valence-electron chi connectivity index (χ3n) is 3.40. The van der Waals surface area contributed by atoms with E-state index in [2.05, 4.69) is 16.7 Å². The summed E-state index contributed by atoms with van der Waals surface area (Å²) in [5.41, 5.74) is 2.81. The summed E-state index contributed by atoms with van der Waals surface area (Å²) in [7, 11) is 0. The van der Waals surface area contributed by atoms with Crippen molar-refractivity contribution in [1.82, 2.24) is 5.32 Å². The summed E-state index contributed by atoms with van der Waals surface area (Å²) in [6, 6.07) is 6.12. The number of anilines is 1. The molecule has 2 aliphatic rings. The van der Waals surface area contributed by atoms with Crippen LogP contribution >= 0.6 is 11.6 Å². The standard InChI is InChI=1S/C11H13ClN2/c12-8-2-1-3-9-10(8)11(7-14-9)4-5-13-6-11/h1-3,13-14H,4-7H2. The van der Waals surface area contributed by atoms with Crippen LogP contribution in [0.3, 0.4) is 0 Å². The van der Waals surface area contributed by atoms with Gasteiger partial charge in [0.2, 0.25) is 0 Å².